The molecule has 5 aromatic rings. The molecular formula is C39H38FN4O10S2+. The zero-order valence-electron chi connectivity index (χ0n) is 29.9. The number of hydrogen-bond acceptors (Lipinski definition) is 10. The van der Waals surface area contributed by atoms with Gasteiger partial charge in [0.25, 0.3) is 5.91 Å². The molecule has 0 bridgehead atoms. The van der Waals surface area contributed by atoms with E-state index in [1.54, 1.807) is 30.3 Å². The van der Waals surface area contributed by atoms with Crippen LogP contribution < -0.4 is 8.92 Å². The summed E-state index contributed by atoms with van der Waals surface area (Å²) in [4.78, 5) is 20.8. The van der Waals surface area contributed by atoms with Gasteiger partial charge in [-0.1, -0.05) is 60.7 Å². The molecule has 2 fully saturated rings. The lowest BCUT2D eigenvalue weighted by Crippen LogP contribution is -2.42. The van der Waals surface area contributed by atoms with Gasteiger partial charge in [0, 0.05) is 43.3 Å². The van der Waals surface area contributed by atoms with E-state index in [4.69, 9.17) is 22.9 Å². The van der Waals surface area contributed by atoms with Gasteiger partial charge in [0.05, 0.1) is 44.6 Å². The van der Waals surface area contributed by atoms with Crippen molar-refractivity contribution >= 4 is 37.4 Å². The predicted molar refractivity (Wildman–Crippen MR) is 202 cm³/mol. The summed E-state index contributed by atoms with van der Waals surface area (Å²) in [5.41, 5.74) is 3.23. The number of pyridine rings is 1. The highest BCUT2D eigenvalue weighted by Crippen LogP contribution is 2.47. The number of carbonyl (C=O) groups is 1. The van der Waals surface area contributed by atoms with Crippen LogP contribution in [-0.2, 0) is 43.2 Å². The van der Waals surface area contributed by atoms with Crippen molar-refractivity contribution in [2.45, 2.75) is 25.3 Å². The largest absolute Gasteiger partial charge is 0.478 e. The van der Waals surface area contributed by atoms with Gasteiger partial charge in [0.2, 0.25) is 0 Å². The third kappa shape index (κ3) is 7.71. The monoisotopic (exact) mass is 805 g/mol. The lowest BCUT2D eigenvalue weighted by molar-refractivity contribution is -0.00504. The lowest BCUT2D eigenvalue weighted by Gasteiger charge is -2.29. The van der Waals surface area contributed by atoms with Gasteiger partial charge in [0.15, 0.2) is 11.5 Å². The number of hydrogen-bond donors (Lipinski definition) is 0. The summed E-state index contributed by atoms with van der Waals surface area (Å²) in [5.74, 6) is -0.823. The summed E-state index contributed by atoms with van der Waals surface area (Å²) in [5, 5.41) is 0.308. The van der Waals surface area contributed by atoms with E-state index in [0.29, 0.717) is 27.6 Å². The van der Waals surface area contributed by atoms with E-state index in [-0.39, 0.29) is 87.2 Å². The zero-order chi connectivity index (χ0) is 39.0. The number of rotatable bonds is 11. The van der Waals surface area contributed by atoms with Gasteiger partial charge in [-0.05, 0) is 52.6 Å². The Morgan fingerprint density at radius 1 is 0.857 bits per heavy atom. The second-order valence-corrected chi connectivity index (χ2v) is 16.6. The third-order valence-electron chi connectivity index (χ3n) is 9.97. The Morgan fingerprint density at radius 3 is 2.34 bits per heavy atom. The van der Waals surface area contributed by atoms with E-state index >= 15 is 0 Å². The van der Waals surface area contributed by atoms with Crippen LogP contribution in [0.25, 0.3) is 10.9 Å². The maximum Gasteiger partial charge on any atom is 0.459 e. The molecule has 56 heavy (non-hydrogen) atoms. The fraction of sp³-hybridized carbons (Fsp3) is 0.282. The average Bonchev–Trinajstić information content (AvgIpc) is 3.53. The van der Waals surface area contributed by atoms with Gasteiger partial charge in [-0.25, -0.2) is 4.39 Å². The number of carbonyl (C=O) groups excluding carboxylic acids is 1. The number of amides is 1. The summed E-state index contributed by atoms with van der Waals surface area (Å²) >= 11 is 0. The van der Waals surface area contributed by atoms with Crippen molar-refractivity contribution in [3.63, 3.8) is 0 Å². The van der Waals surface area contributed by atoms with Crippen LogP contribution in [0, 0.1) is 5.82 Å². The molecule has 17 heteroatoms. The van der Waals surface area contributed by atoms with Crippen molar-refractivity contribution in [1.29, 1.82) is 0 Å². The van der Waals surface area contributed by atoms with Gasteiger partial charge >= 0.3 is 20.6 Å². The van der Waals surface area contributed by atoms with E-state index < -0.39 is 44.5 Å². The van der Waals surface area contributed by atoms with Crippen molar-refractivity contribution in [1.82, 2.24) is 18.5 Å². The Bertz CT molecular complexity index is 2490. The normalized spacial score (nSPS) is 18.9. The van der Waals surface area contributed by atoms with E-state index in [1.165, 1.54) is 27.5 Å². The van der Waals surface area contributed by atoms with Gasteiger partial charge in [0.1, 0.15) is 17.4 Å². The molecular weight excluding hydrogens is 768 g/mol. The Kier molecular flexibility index (Phi) is 10.5. The van der Waals surface area contributed by atoms with E-state index in [0.717, 1.165) is 4.31 Å². The first-order valence-electron chi connectivity index (χ1n) is 17.9. The molecule has 2 atom stereocenters. The van der Waals surface area contributed by atoms with Crippen molar-refractivity contribution in [2.75, 3.05) is 46.0 Å². The smallest absolute Gasteiger partial charge is 0.459 e. The molecule has 3 aliphatic rings. The summed E-state index contributed by atoms with van der Waals surface area (Å²) in [6.45, 7) is 0.790. The van der Waals surface area contributed by atoms with E-state index in [9.17, 15) is 26.0 Å². The Labute approximate surface area is 323 Å². The first kappa shape index (κ1) is 37.9. The van der Waals surface area contributed by atoms with Crippen molar-refractivity contribution < 1.29 is 49.0 Å². The fourth-order valence-corrected chi connectivity index (χ4v) is 8.97. The number of ether oxygens (including phenoxy) is 3. The Hall–Kier alpha value is -5.01. The van der Waals surface area contributed by atoms with Gasteiger partial charge in [-0.2, -0.15) is 12.7 Å². The molecule has 292 valence electrons. The van der Waals surface area contributed by atoms with Gasteiger partial charge < -0.3 is 27.8 Å². The van der Waals surface area contributed by atoms with E-state index in [2.05, 4.69) is 4.98 Å². The molecule has 0 spiro atoms. The third-order valence-corrected chi connectivity index (χ3v) is 12.4. The van der Waals surface area contributed by atoms with Crippen LogP contribution in [0.15, 0.2) is 97.2 Å². The van der Waals surface area contributed by atoms with Gasteiger partial charge in [-0.15, -0.1) is 12.7 Å². The second kappa shape index (κ2) is 15.5. The molecule has 0 aliphatic carbocycles. The lowest BCUT2D eigenvalue weighted by atomic mass is 9.96. The summed E-state index contributed by atoms with van der Waals surface area (Å²) in [6.07, 6.45) is 0.00803. The first-order valence-corrected chi connectivity index (χ1v) is 20.7. The van der Waals surface area contributed by atoms with Crippen LogP contribution in [0.5, 0.6) is 11.5 Å². The van der Waals surface area contributed by atoms with Crippen LogP contribution in [0.1, 0.15) is 50.4 Å². The summed E-state index contributed by atoms with van der Waals surface area (Å²) < 4.78 is 99.6. The number of halogens is 1. The topological polar surface area (TPSA) is 168 Å². The van der Waals surface area contributed by atoms with Crippen LogP contribution in [0.2, 0.25) is 0 Å². The second-order valence-electron chi connectivity index (χ2n) is 13.6. The van der Waals surface area contributed by atoms with Crippen LogP contribution in [0.3, 0.4) is 0 Å². The zero-order valence-corrected chi connectivity index (χ0v) is 31.5. The predicted octanol–water partition coefficient (Wildman–Crippen LogP) is 4.00. The highest BCUT2D eigenvalue weighted by atomic mass is 32.2. The Morgan fingerprint density at radius 2 is 1.59 bits per heavy atom. The summed E-state index contributed by atoms with van der Waals surface area (Å²) in [6, 6.07) is 25.6. The molecule has 2 unspecified atom stereocenters. The quantitative estimate of drug-likeness (QED) is 0.178. The number of morpholine rings is 2. The maximum absolute atomic E-state index is 14.6. The maximum atomic E-state index is 14.6. The molecule has 8 rings (SSSR count). The van der Waals surface area contributed by atoms with E-state index in [1.807, 2.05) is 48.5 Å². The van der Waals surface area contributed by atoms with Crippen LogP contribution in [-0.4, -0.2) is 91.8 Å². The first-order chi connectivity index (χ1) is 27.0. The molecule has 2 saturated heterocycles. The number of nitrogens with zero attached hydrogens (tertiary/aromatic N) is 4. The van der Waals surface area contributed by atoms with Crippen molar-refractivity contribution in [3.05, 3.63) is 136 Å². The number of benzene rings is 4. The number of fused-ring (bicyclic) bond motifs is 2. The van der Waals surface area contributed by atoms with Gasteiger partial charge in [-0.3, -0.25) is 9.78 Å². The van der Waals surface area contributed by atoms with Crippen LogP contribution in [0.4, 0.5) is 4.39 Å². The molecule has 2 N–H and O–H groups in total. The number of aromatic nitrogens is 1. The molecule has 4 heterocycles. The SMILES string of the molecule is O=C1c2c(c(OS(=O)(=O)N3CCOCC3)c3cccnc3c2OC(c2ccccc2)c2cccc(C3CN(S(=O)(=O)[OH2+])CCO3)c2)CN1Cc1ccc(F)cc1. The van der Waals surface area contributed by atoms with Crippen LogP contribution >= 0.6 is 0 Å². The molecule has 0 saturated carbocycles. The minimum Gasteiger partial charge on any atom is -0.478 e. The minimum atomic E-state index is -4.35. The molecule has 4 aromatic carbocycles. The molecule has 1 amide bonds. The molecule has 14 nitrogen and oxygen atoms in total. The van der Waals surface area contributed by atoms with Crippen molar-refractivity contribution in [2.24, 2.45) is 0 Å². The standard InChI is InChI=1S/C39H37FN4O10S2/c40-30-13-11-26(12-14-30)23-42-24-32-34(39(42)45)38(35-31(10-5-15-41-35)37(32)54-56(49,50)43-16-19-51-20-17-43)53-36(27-6-2-1-3-7-27)29-9-4-8-28(22-29)33-25-44(18-21-52-33)55(46,47)48/h1-15,22,33,36H,16-21,23-25H2,(H,46,47,48)/p+1. The minimum absolute atomic E-state index is 0.0402. The fourth-order valence-electron chi connectivity index (χ4n) is 7.22. The average molecular weight is 806 g/mol. The molecule has 0 radical (unpaired) electrons. The van der Waals surface area contributed by atoms with Crippen molar-refractivity contribution in [3.8, 4) is 11.5 Å². The molecule has 1 aromatic heterocycles. The highest BCUT2D eigenvalue weighted by molar-refractivity contribution is 7.84. The summed E-state index contributed by atoms with van der Waals surface area (Å²) in [7, 11) is -8.54. The Balaban J connectivity index is 1.25. The molecule has 3 aliphatic heterocycles. The highest BCUT2D eigenvalue weighted by Gasteiger charge is 2.40.